The number of carbonyl (C=O) groups is 2. The number of hydrogen-bond acceptors (Lipinski definition) is 3. The highest BCUT2D eigenvalue weighted by molar-refractivity contribution is 5.85. The number of piperidine rings is 1. The second kappa shape index (κ2) is 6.07. The van der Waals surface area contributed by atoms with Crippen molar-refractivity contribution < 1.29 is 14.7 Å². The van der Waals surface area contributed by atoms with Gasteiger partial charge in [-0.15, -0.1) is 0 Å². The minimum atomic E-state index is -1.05. The Labute approximate surface area is 118 Å². The quantitative estimate of drug-likeness (QED) is 0.905. The van der Waals surface area contributed by atoms with Crippen LogP contribution in [0.1, 0.15) is 37.2 Å². The van der Waals surface area contributed by atoms with Gasteiger partial charge in [0.25, 0.3) is 0 Å². The average Bonchev–Trinajstić information content (AvgIpc) is 2.83. The van der Waals surface area contributed by atoms with Gasteiger partial charge in [-0.2, -0.15) is 5.10 Å². The molecule has 0 saturated carbocycles. The molecular formula is C14H21N3O3. The summed E-state index contributed by atoms with van der Waals surface area (Å²) in [5.74, 6) is 0.168. The van der Waals surface area contributed by atoms with Gasteiger partial charge in [0.05, 0.1) is 0 Å². The highest BCUT2D eigenvalue weighted by Crippen LogP contribution is 2.21. The van der Waals surface area contributed by atoms with Gasteiger partial charge in [0.2, 0.25) is 5.91 Å². The third-order valence-electron chi connectivity index (χ3n) is 3.64. The normalized spacial score (nSPS) is 22.8. The summed E-state index contributed by atoms with van der Waals surface area (Å²) in [7, 11) is 0. The number of aromatic nitrogens is 2. The van der Waals surface area contributed by atoms with Crippen molar-refractivity contribution in [3.8, 4) is 0 Å². The Morgan fingerprint density at radius 3 is 2.55 bits per heavy atom. The molecule has 2 unspecified atom stereocenters. The van der Waals surface area contributed by atoms with Crippen LogP contribution in [0.25, 0.3) is 0 Å². The van der Waals surface area contributed by atoms with Crippen LogP contribution in [0.4, 0.5) is 0 Å². The van der Waals surface area contributed by atoms with E-state index in [1.807, 2.05) is 4.90 Å². The van der Waals surface area contributed by atoms with E-state index < -0.39 is 5.97 Å². The first kappa shape index (κ1) is 14.6. The highest BCUT2D eigenvalue weighted by Gasteiger charge is 2.25. The van der Waals surface area contributed by atoms with Crippen LogP contribution in [0, 0.1) is 11.8 Å². The molecule has 0 radical (unpaired) electrons. The standard InChI is InChI=1S/C14H21N3O3/c1-10-7-11(2)9-16(8-10)13(18)4-6-17-5-3-12(15-17)14(19)20/h3,5,10-11H,4,6-9H2,1-2H3,(H,19,20). The summed E-state index contributed by atoms with van der Waals surface area (Å²) in [6, 6.07) is 1.44. The second-order valence-electron chi connectivity index (χ2n) is 5.76. The number of rotatable bonds is 4. The van der Waals surface area contributed by atoms with Crippen molar-refractivity contribution in [2.45, 2.75) is 33.2 Å². The Morgan fingerprint density at radius 1 is 1.35 bits per heavy atom. The van der Waals surface area contributed by atoms with Gasteiger partial charge in [-0.25, -0.2) is 4.79 Å². The molecule has 1 amide bonds. The lowest BCUT2D eigenvalue weighted by Crippen LogP contribution is -2.42. The zero-order chi connectivity index (χ0) is 14.7. The summed E-state index contributed by atoms with van der Waals surface area (Å²) in [5, 5.41) is 12.7. The summed E-state index contributed by atoms with van der Waals surface area (Å²) in [6.07, 6.45) is 3.13. The molecule has 2 heterocycles. The summed E-state index contributed by atoms with van der Waals surface area (Å²) in [6.45, 7) is 6.40. The number of aryl methyl sites for hydroxylation is 1. The maximum Gasteiger partial charge on any atom is 0.356 e. The van der Waals surface area contributed by atoms with Crippen molar-refractivity contribution in [2.75, 3.05) is 13.1 Å². The lowest BCUT2D eigenvalue weighted by atomic mass is 9.92. The Bertz CT molecular complexity index is 488. The predicted octanol–water partition coefficient (Wildman–Crippen LogP) is 1.48. The monoisotopic (exact) mass is 279 g/mol. The van der Waals surface area contributed by atoms with Crippen molar-refractivity contribution in [1.82, 2.24) is 14.7 Å². The number of aromatic carboxylic acids is 1. The number of nitrogens with zero attached hydrogens (tertiary/aromatic N) is 3. The van der Waals surface area contributed by atoms with E-state index in [1.54, 1.807) is 6.20 Å². The van der Waals surface area contributed by atoms with Crippen LogP contribution in [0.5, 0.6) is 0 Å². The molecule has 1 N–H and O–H groups in total. The average molecular weight is 279 g/mol. The van der Waals surface area contributed by atoms with E-state index in [0.717, 1.165) is 13.1 Å². The van der Waals surface area contributed by atoms with Gasteiger partial charge in [0.1, 0.15) is 0 Å². The summed E-state index contributed by atoms with van der Waals surface area (Å²) < 4.78 is 1.51. The largest absolute Gasteiger partial charge is 0.476 e. The van der Waals surface area contributed by atoms with E-state index in [0.29, 0.717) is 24.8 Å². The van der Waals surface area contributed by atoms with E-state index in [9.17, 15) is 9.59 Å². The summed E-state index contributed by atoms with van der Waals surface area (Å²) in [4.78, 5) is 24.8. The summed E-state index contributed by atoms with van der Waals surface area (Å²) in [5.41, 5.74) is 0.0117. The lowest BCUT2D eigenvalue weighted by molar-refractivity contribution is -0.134. The summed E-state index contributed by atoms with van der Waals surface area (Å²) >= 11 is 0. The zero-order valence-electron chi connectivity index (χ0n) is 12.0. The molecule has 6 nitrogen and oxygen atoms in total. The Balaban J connectivity index is 1.86. The van der Waals surface area contributed by atoms with Crippen LogP contribution in [0.15, 0.2) is 12.3 Å². The van der Waals surface area contributed by atoms with Gasteiger partial charge in [0.15, 0.2) is 5.69 Å². The first-order valence-electron chi connectivity index (χ1n) is 7.00. The molecule has 1 aromatic heterocycles. The van der Waals surface area contributed by atoms with E-state index in [4.69, 9.17) is 5.11 Å². The molecule has 0 spiro atoms. The number of hydrogen-bond donors (Lipinski definition) is 1. The maximum atomic E-state index is 12.2. The van der Waals surface area contributed by atoms with Crippen molar-refractivity contribution in [1.29, 1.82) is 0 Å². The number of likely N-dealkylation sites (tertiary alicyclic amines) is 1. The fraction of sp³-hybridized carbons (Fsp3) is 0.643. The van der Waals surface area contributed by atoms with E-state index in [-0.39, 0.29) is 11.6 Å². The van der Waals surface area contributed by atoms with Crippen molar-refractivity contribution in [2.24, 2.45) is 11.8 Å². The fourth-order valence-corrected chi connectivity index (χ4v) is 2.84. The Morgan fingerprint density at radius 2 is 2.00 bits per heavy atom. The maximum absolute atomic E-state index is 12.2. The molecule has 2 atom stereocenters. The minimum absolute atomic E-state index is 0.0117. The third kappa shape index (κ3) is 3.59. The molecule has 110 valence electrons. The van der Waals surface area contributed by atoms with E-state index in [2.05, 4.69) is 18.9 Å². The fourth-order valence-electron chi connectivity index (χ4n) is 2.84. The molecule has 0 bridgehead atoms. The number of amides is 1. The van der Waals surface area contributed by atoms with E-state index >= 15 is 0 Å². The molecule has 1 fully saturated rings. The Kier molecular flexibility index (Phi) is 4.42. The van der Waals surface area contributed by atoms with Crippen molar-refractivity contribution in [3.63, 3.8) is 0 Å². The van der Waals surface area contributed by atoms with Gasteiger partial charge in [-0.05, 0) is 24.3 Å². The smallest absolute Gasteiger partial charge is 0.356 e. The highest BCUT2D eigenvalue weighted by atomic mass is 16.4. The molecule has 6 heteroatoms. The van der Waals surface area contributed by atoms with Crippen LogP contribution in [-0.4, -0.2) is 44.8 Å². The molecule has 0 aliphatic carbocycles. The zero-order valence-corrected chi connectivity index (χ0v) is 12.0. The molecular weight excluding hydrogens is 258 g/mol. The molecule has 0 aromatic carbocycles. The minimum Gasteiger partial charge on any atom is -0.476 e. The molecule has 1 aliphatic rings. The molecule has 2 rings (SSSR count). The number of carboxylic acids is 1. The molecule has 1 aromatic rings. The van der Waals surface area contributed by atoms with Gasteiger partial charge >= 0.3 is 5.97 Å². The lowest BCUT2D eigenvalue weighted by Gasteiger charge is -2.35. The Hall–Kier alpha value is -1.85. The number of carboxylic acid groups (broad SMARTS) is 1. The van der Waals surface area contributed by atoms with Crippen LogP contribution in [0.2, 0.25) is 0 Å². The molecule has 1 aliphatic heterocycles. The van der Waals surface area contributed by atoms with Gasteiger partial charge in [-0.3, -0.25) is 9.48 Å². The van der Waals surface area contributed by atoms with Gasteiger partial charge in [-0.1, -0.05) is 13.8 Å². The van der Waals surface area contributed by atoms with Crippen molar-refractivity contribution in [3.05, 3.63) is 18.0 Å². The van der Waals surface area contributed by atoms with Crippen LogP contribution >= 0.6 is 0 Å². The second-order valence-corrected chi connectivity index (χ2v) is 5.76. The van der Waals surface area contributed by atoms with Crippen LogP contribution in [-0.2, 0) is 11.3 Å². The predicted molar refractivity (Wildman–Crippen MR) is 73.3 cm³/mol. The topological polar surface area (TPSA) is 75.4 Å². The first-order chi connectivity index (χ1) is 9.45. The van der Waals surface area contributed by atoms with E-state index in [1.165, 1.54) is 17.2 Å². The SMILES string of the molecule is CC1CC(C)CN(C(=O)CCn2ccc(C(=O)O)n2)C1. The van der Waals surface area contributed by atoms with Gasteiger partial charge < -0.3 is 10.0 Å². The van der Waals surface area contributed by atoms with Gasteiger partial charge in [0, 0.05) is 32.3 Å². The molecule has 1 saturated heterocycles. The third-order valence-corrected chi connectivity index (χ3v) is 3.64. The molecule has 20 heavy (non-hydrogen) atoms. The van der Waals surface area contributed by atoms with Crippen molar-refractivity contribution >= 4 is 11.9 Å². The first-order valence-corrected chi connectivity index (χ1v) is 7.00. The van der Waals surface area contributed by atoms with Crippen LogP contribution < -0.4 is 0 Å². The number of carbonyl (C=O) groups excluding carboxylic acids is 1. The van der Waals surface area contributed by atoms with Crippen LogP contribution in [0.3, 0.4) is 0 Å².